The number of carboxylic acid groups (broad SMARTS) is 1. The van der Waals surface area contributed by atoms with Crippen molar-refractivity contribution in [3.05, 3.63) is 0 Å². The van der Waals surface area contributed by atoms with Crippen molar-refractivity contribution in [2.75, 3.05) is 26.7 Å². The molecule has 1 saturated carbocycles. The van der Waals surface area contributed by atoms with Crippen LogP contribution in [0.5, 0.6) is 0 Å². The Kier molecular flexibility index (Phi) is 4.91. The quantitative estimate of drug-likeness (QED) is 0.826. The van der Waals surface area contributed by atoms with Crippen molar-refractivity contribution in [3.63, 3.8) is 0 Å². The molecule has 0 aromatic heterocycles. The first kappa shape index (κ1) is 16.3. The van der Waals surface area contributed by atoms with Gasteiger partial charge in [0.2, 0.25) is 5.91 Å². The molecule has 2 fully saturated rings. The zero-order chi connectivity index (χ0) is 15.6. The lowest BCUT2D eigenvalue weighted by Crippen LogP contribution is -2.45. The van der Waals surface area contributed by atoms with E-state index in [1.807, 2.05) is 6.92 Å². The van der Waals surface area contributed by atoms with Gasteiger partial charge in [0.05, 0.1) is 11.8 Å². The Bertz CT molecular complexity index is 402. The predicted molar refractivity (Wildman–Crippen MR) is 80.9 cm³/mol. The third kappa shape index (κ3) is 3.96. The number of rotatable bonds is 4. The lowest BCUT2D eigenvalue weighted by Gasteiger charge is -2.38. The van der Waals surface area contributed by atoms with Gasteiger partial charge in [-0.2, -0.15) is 0 Å². The molecular formula is C16H28N2O3. The molecule has 21 heavy (non-hydrogen) atoms. The zero-order valence-electron chi connectivity index (χ0n) is 13.4. The summed E-state index contributed by atoms with van der Waals surface area (Å²) in [5.41, 5.74) is 0.144. The highest BCUT2D eigenvalue weighted by molar-refractivity contribution is 5.85. The van der Waals surface area contributed by atoms with E-state index in [2.05, 4.69) is 24.2 Å². The molecule has 0 aromatic carbocycles. The monoisotopic (exact) mass is 296 g/mol. The number of likely N-dealkylation sites (tertiary alicyclic amines) is 1. The number of carbonyl (C=O) groups excluding carboxylic acids is 1. The second kappa shape index (κ2) is 6.34. The van der Waals surface area contributed by atoms with Gasteiger partial charge in [0.15, 0.2) is 0 Å². The molecule has 1 unspecified atom stereocenters. The summed E-state index contributed by atoms with van der Waals surface area (Å²) in [4.78, 5) is 26.0. The van der Waals surface area contributed by atoms with Crippen molar-refractivity contribution in [2.45, 2.75) is 39.5 Å². The first-order chi connectivity index (χ1) is 9.81. The van der Waals surface area contributed by atoms with E-state index >= 15 is 0 Å². The van der Waals surface area contributed by atoms with Crippen LogP contribution in [0.4, 0.5) is 0 Å². The number of nitrogens with zero attached hydrogens (tertiary/aromatic N) is 1. The minimum absolute atomic E-state index is 0.0631. The third-order valence-electron chi connectivity index (χ3n) is 5.34. The first-order valence-corrected chi connectivity index (χ1v) is 8.00. The number of piperidine rings is 1. The van der Waals surface area contributed by atoms with Gasteiger partial charge < -0.3 is 15.3 Å². The van der Waals surface area contributed by atoms with Crippen LogP contribution in [0.15, 0.2) is 0 Å². The Morgan fingerprint density at radius 3 is 2.38 bits per heavy atom. The number of nitrogens with one attached hydrogen (secondary N) is 1. The van der Waals surface area contributed by atoms with E-state index in [-0.39, 0.29) is 17.2 Å². The normalized spacial score (nSPS) is 32.8. The molecule has 5 nitrogen and oxygen atoms in total. The highest BCUT2D eigenvalue weighted by Gasteiger charge is 2.41. The van der Waals surface area contributed by atoms with Gasteiger partial charge in [0.25, 0.3) is 0 Å². The Morgan fingerprint density at radius 2 is 1.81 bits per heavy atom. The van der Waals surface area contributed by atoms with Crippen LogP contribution in [0.1, 0.15) is 39.5 Å². The van der Waals surface area contributed by atoms with Gasteiger partial charge in [0, 0.05) is 6.54 Å². The van der Waals surface area contributed by atoms with Gasteiger partial charge in [-0.1, -0.05) is 13.8 Å². The number of hydrogen-bond donors (Lipinski definition) is 2. The van der Waals surface area contributed by atoms with Crippen molar-refractivity contribution in [1.82, 2.24) is 10.2 Å². The lowest BCUT2D eigenvalue weighted by atomic mass is 9.80. The highest BCUT2D eigenvalue weighted by atomic mass is 16.4. The SMILES string of the molecule is CC1C[C@H](C(=O)NCC2(C)CCN(C)CC2)[C@H](C(=O)O)C1. The van der Waals surface area contributed by atoms with E-state index < -0.39 is 11.9 Å². The molecule has 2 N–H and O–H groups in total. The first-order valence-electron chi connectivity index (χ1n) is 8.00. The molecule has 2 rings (SSSR count). The van der Waals surface area contributed by atoms with E-state index in [0.29, 0.717) is 25.3 Å². The molecule has 2 aliphatic rings. The van der Waals surface area contributed by atoms with E-state index in [9.17, 15) is 14.7 Å². The number of amides is 1. The zero-order valence-corrected chi connectivity index (χ0v) is 13.4. The van der Waals surface area contributed by atoms with Crippen LogP contribution >= 0.6 is 0 Å². The smallest absolute Gasteiger partial charge is 0.307 e. The molecular weight excluding hydrogens is 268 g/mol. The Morgan fingerprint density at radius 1 is 1.24 bits per heavy atom. The van der Waals surface area contributed by atoms with Gasteiger partial charge in [-0.25, -0.2) is 0 Å². The van der Waals surface area contributed by atoms with Crippen LogP contribution in [0.25, 0.3) is 0 Å². The molecule has 1 heterocycles. The number of aliphatic carboxylic acids is 1. The molecule has 120 valence electrons. The number of hydrogen-bond acceptors (Lipinski definition) is 3. The maximum absolute atomic E-state index is 12.4. The van der Waals surface area contributed by atoms with Gasteiger partial charge in [-0.15, -0.1) is 0 Å². The Hall–Kier alpha value is -1.10. The van der Waals surface area contributed by atoms with Crippen molar-refractivity contribution in [1.29, 1.82) is 0 Å². The van der Waals surface area contributed by atoms with Crippen LogP contribution in [-0.4, -0.2) is 48.6 Å². The van der Waals surface area contributed by atoms with Crippen LogP contribution in [0.2, 0.25) is 0 Å². The fourth-order valence-electron chi connectivity index (χ4n) is 3.62. The van der Waals surface area contributed by atoms with Gasteiger partial charge >= 0.3 is 5.97 Å². The molecule has 0 bridgehead atoms. The molecule has 1 aliphatic carbocycles. The second-order valence-corrected chi connectivity index (χ2v) is 7.46. The van der Waals surface area contributed by atoms with Gasteiger partial charge in [-0.05, 0) is 57.2 Å². The summed E-state index contributed by atoms with van der Waals surface area (Å²) in [6, 6.07) is 0. The average molecular weight is 296 g/mol. The van der Waals surface area contributed by atoms with E-state index in [4.69, 9.17) is 0 Å². The minimum Gasteiger partial charge on any atom is -0.481 e. The van der Waals surface area contributed by atoms with Gasteiger partial charge in [-0.3, -0.25) is 9.59 Å². The molecule has 0 spiro atoms. The van der Waals surface area contributed by atoms with Crippen molar-refractivity contribution in [2.24, 2.45) is 23.2 Å². The Labute approximate surface area is 127 Å². The highest BCUT2D eigenvalue weighted by Crippen LogP contribution is 2.37. The summed E-state index contributed by atoms with van der Waals surface area (Å²) in [6.07, 6.45) is 3.47. The van der Waals surface area contributed by atoms with Crippen molar-refractivity contribution < 1.29 is 14.7 Å². The predicted octanol–water partition coefficient (Wildman–Crippen LogP) is 1.58. The maximum Gasteiger partial charge on any atom is 0.307 e. The molecule has 1 aliphatic heterocycles. The van der Waals surface area contributed by atoms with E-state index in [1.165, 1.54) is 0 Å². The molecule has 3 atom stereocenters. The van der Waals surface area contributed by atoms with Crippen LogP contribution in [0, 0.1) is 23.2 Å². The fourth-order valence-corrected chi connectivity index (χ4v) is 3.62. The average Bonchev–Trinajstić information content (AvgIpc) is 2.82. The summed E-state index contributed by atoms with van der Waals surface area (Å²) in [5, 5.41) is 12.3. The largest absolute Gasteiger partial charge is 0.481 e. The van der Waals surface area contributed by atoms with Crippen LogP contribution < -0.4 is 5.32 Å². The standard InChI is InChI=1S/C16H28N2O3/c1-11-8-12(13(9-11)15(20)21)14(19)17-10-16(2)4-6-18(3)7-5-16/h11-13H,4-10H2,1-3H3,(H,17,19)(H,20,21)/t11?,12-,13+/m0/s1. The molecule has 1 saturated heterocycles. The molecule has 5 heteroatoms. The molecule has 0 radical (unpaired) electrons. The van der Waals surface area contributed by atoms with Gasteiger partial charge in [0.1, 0.15) is 0 Å². The summed E-state index contributed by atoms with van der Waals surface area (Å²) in [7, 11) is 2.12. The van der Waals surface area contributed by atoms with Crippen LogP contribution in [-0.2, 0) is 9.59 Å². The second-order valence-electron chi connectivity index (χ2n) is 7.46. The molecule has 1 amide bonds. The minimum atomic E-state index is -0.829. The van der Waals surface area contributed by atoms with E-state index in [1.54, 1.807) is 0 Å². The van der Waals surface area contributed by atoms with E-state index in [0.717, 1.165) is 25.9 Å². The number of carboxylic acids is 1. The lowest BCUT2D eigenvalue weighted by molar-refractivity contribution is -0.146. The summed E-state index contributed by atoms with van der Waals surface area (Å²) in [6.45, 7) is 7.03. The number of carbonyl (C=O) groups is 2. The van der Waals surface area contributed by atoms with Crippen molar-refractivity contribution in [3.8, 4) is 0 Å². The Balaban J connectivity index is 1.88. The summed E-state index contributed by atoms with van der Waals surface area (Å²) in [5.74, 6) is -1.43. The fraction of sp³-hybridized carbons (Fsp3) is 0.875. The summed E-state index contributed by atoms with van der Waals surface area (Å²) < 4.78 is 0. The maximum atomic E-state index is 12.4. The van der Waals surface area contributed by atoms with Crippen LogP contribution in [0.3, 0.4) is 0 Å². The third-order valence-corrected chi connectivity index (χ3v) is 5.34. The molecule has 0 aromatic rings. The topological polar surface area (TPSA) is 69.6 Å². The van der Waals surface area contributed by atoms with Crippen molar-refractivity contribution >= 4 is 11.9 Å². The summed E-state index contributed by atoms with van der Waals surface area (Å²) >= 11 is 0.